The molecule has 3 rings (SSSR count). The third-order valence-corrected chi connectivity index (χ3v) is 3.89. The highest BCUT2D eigenvalue weighted by atomic mass is 16.1. The highest BCUT2D eigenvalue weighted by Crippen LogP contribution is 2.15. The lowest BCUT2D eigenvalue weighted by Crippen LogP contribution is -2.26. The first kappa shape index (κ1) is 17.6. The van der Waals surface area contributed by atoms with E-state index in [1.807, 2.05) is 48.5 Å². The number of para-hydroxylation sites is 1. The fourth-order valence-corrected chi connectivity index (χ4v) is 2.65. The fraction of sp³-hybridized carbons (Fsp3) is 0.190. The molecule has 5 heteroatoms. The molecule has 2 aromatic carbocycles. The van der Waals surface area contributed by atoms with E-state index in [-0.39, 0.29) is 5.91 Å². The molecule has 5 nitrogen and oxygen atoms in total. The van der Waals surface area contributed by atoms with E-state index >= 15 is 0 Å². The molecule has 1 heterocycles. The first-order chi connectivity index (χ1) is 12.7. The van der Waals surface area contributed by atoms with Crippen molar-refractivity contribution in [2.24, 2.45) is 0 Å². The van der Waals surface area contributed by atoms with Crippen LogP contribution in [0.1, 0.15) is 28.3 Å². The van der Waals surface area contributed by atoms with Gasteiger partial charge in [0.1, 0.15) is 17.3 Å². The van der Waals surface area contributed by atoms with Crippen LogP contribution < -0.4 is 10.6 Å². The van der Waals surface area contributed by atoms with E-state index in [2.05, 4.69) is 32.7 Å². The van der Waals surface area contributed by atoms with Crippen molar-refractivity contribution in [3.63, 3.8) is 0 Å². The van der Waals surface area contributed by atoms with Crippen LogP contribution >= 0.6 is 0 Å². The maximum atomic E-state index is 12.4. The Kier molecular flexibility index (Phi) is 5.93. The third kappa shape index (κ3) is 5.14. The van der Waals surface area contributed by atoms with Crippen molar-refractivity contribution in [2.75, 3.05) is 11.9 Å². The van der Waals surface area contributed by atoms with Gasteiger partial charge in [-0.25, -0.2) is 9.97 Å². The molecule has 0 aliphatic carbocycles. The number of benzene rings is 2. The zero-order chi connectivity index (χ0) is 18.2. The van der Waals surface area contributed by atoms with E-state index in [9.17, 15) is 4.79 Å². The molecule has 1 amide bonds. The average molecular weight is 346 g/mol. The van der Waals surface area contributed by atoms with E-state index in [4.69, 9.17) is 0 Å². The molecule has 0 bridgehead atoms. The quantitative estimate of drug-likeness (QED) is 0.637. The van der Waals surface area contributed by atoms with Gasteiger partial charge in [0.25, 0.3) is 5.91 Å². The minimum absolute atomic E-state index is 0.181. The van der Waals surface area contributed by atoms with Gasteiger partial charge in [0, 0.05) is 18.3 Å². The number of anilines is 2. The predicted molar refractivity (Wildman–Crippen MR) is 104 cm³/mol. The molecule has 0 atom stereocenters. The number of nitrogens with one attached hydrogen (secondary N) is 2. The summed E-state index contributed by atoms with van der Waals surface area (Å²) in [6.45, 7) is 2.39. The van der Waals surface area contributed by atoms with Crippen molar-refractivity contribution in [2.45, 2.75) is 19.8 Å². The summed E-state index contributed by atoms with van der Waals surface area (Å²) in [4.78, 5) is 21.0. The number of hydrogen-bond acceptors (Lipinski definition) is 4. The van der Waals surface area contributed by atoms with Gasteiger partial charge in [-0.2, -0.15) is 0 Å². The topological polar surface area (TPSA) is 66.9 Å². The highest BCUT2D eigenvalue weighted by molar-refractivity contribution is 5.93. The summed E-state index contributed by atoms with van der Waals surface area (Å²) in [5, 5.41) is 6.13. The van der Waals surface area contributed by atoms with Gasteiger partial charge in [0.2, 0.25) is 0 Å². The molecule has 132 valence electrons. The summed E-state index contributed by atoms with van der Waals surface area (Å²) in [5.74, 6) is 0.984. The second-order valence-corrected chi connectivity index (χ2v) is 6.02. The molecule has 26 heavy (non-hydrogen) atoms. The third-order valence-electron chi connectivity index (χ3n) is 3.89. The van der Waals surface area contributed by atoms with Crippen LogP contribution in [0.4, 0.5) is 11.5 Å². The van der Waals surface area contributed by atoms with E-state index in [0.717, 1.165) is 18.5 Å². The fourth-order valence-electron chi connectivity index (χ4n) is 2.65. The normalized spacial score (nSPS) is 10.3. The van der Waals surface area contributed by atoms with Gasteiger partial charge in [0.05, 0.1) is 0 Å². The van der Waals surface area contributed by atoms with E-state index in [1.54, 1.807) is 13.0 Å². The molecule has 0 spiro atoms. The molecular weight excluding hydrogens is 324 g/mol. The number of carbonyl (C=O) groups is 1. The van der Waals surface area contributed by atoms with Crippen LogP contribution in [0, 0.1) is 6.92 Å². The summed E-state index contributed by atoms with van der Waals surface area (Å²) in [5.41, 5.74) is 2.56. The summed E-state index contributed by atoms with van der Waals surface area (Å²) < 4.78 is 0. The van der Waals surface area contributed by atoms with Crippen molar-refractivity contribution in [3.8, 4) is 0 Å². The predicted octanol–water partition coefficient (Wildman–Crippen LogP) is 3.89. The summed E-state index contributed by atoms with van der Waals surface area (Å²) in [6, 6.07) is 21.6. The standard InChI is InChI=1S/C21H22N4O/c1-16-23-19(15-20(24-16)25-18-12-6-3-7-13-18)21(26)22-14-8-11-17-9-4-2-5-10-17/h2-7,9-10,12-13,15H,8,11,14H2,1H3,(H,22,26)(H,23,24,25). The molecule has 0 aliphatic heterocycles. The summed E-state index contributed by atoms with van der Waals surface area (Å²) >= 11 is 0. The number of carbonyl (C=O) groups excluding carboxylic acids is 1. The molecule has 0 saturated carbocycles. The van der Waals surface area contributed by atoms with Crippen LogP contribution in [-0.2, 0) is 6.42 Å². The number of nitrogens with zero attached hydrogens (tertiary/aromatic N) is 2. The average Bonchev–Trinajstić information content (AvgIpc) is 2.66. The van der Waals surface area contributed by atoms with Crippen LogP contribution in [-0.4, -0.2) is 22.4 Å². The van der Waals surface area contributed by atoms with Gasteiger partial charge < -0.3 is 10.6 Å². The maximum Gasteiger partial charge on any atom is 0.270 e. The number of aromatic nitrogens is 2. The first-order valence-electron chi connectivity index (χ1n) is 8.70. The Morgan fingerprint density at radius 3 is 2.38 bits per heavy atom. The molecular formula is C21H22N4O. The number of amides is 1. The van der Waals surface area contributed by atoms with Gasteiger partial charge in [0.15, 0.2) is 0 Å². The van der Waals surface area contributed by atoms with Crippen molar-refractivity contribution in [1.82, 2.24) is 15.3 Å². The second-order valence-electron chi connectivity index (χ2n) is 6.02. The molecule has 1 aromatic heterocycles. The lowest BCUT2D eigenvalue weighted by Gasteiger charge is -2.09. The second kappa shape index (κ2) is 8.76. The van der Waals surface area contributed by atoms with Crippen LogP contribution in [0.2, 0.25) is 0 Å². The largest absolute Gasteiger partial charge is 0.351 e. The molecule has 0 saturated heterocycles. The van der Waals surface area contributed by atoms with E-state index in [1.165, 1.54) is 5.56 Å². The lowest BCUT2D eigenvalue weighted by atomic mass is 10.1. The van der Waals surface area contributed by atoms with Gasteiger partial charge in [-0.05, 0) is 37.5 Å². The van der Waals surface area contributed by atoms with Gasteiger partial charge in [-0.3, -0.25) is 4.79 Å². The Morgan fingerprint density at radius 2 is 1.65 bits per heavy atom. The number of rotatable bonds is 7. The van der Waals surface area contributed by atoms with Crippen LogP contribution in [0.3, 0.4) is 0 Å². The van der Waals surface area contributed by atoms with Gasteiger partial charge in [-0.15, -0.1) is 0 Å². The monoisotopic (exact) mass is 346 g/mol. The van der Waals surface area contributed by atoms with Crippen molar-refractivity contribution in [1.29, 1.82) is 0 Å². The van der Waals surface area contributed by atoms with Crippen molar-refractivity contribution < 1.29 is 4.79 Å². The van der Waals surface area contributed by atoms with Gasteiger partial charge in [-0.1, -0.05) is 48.5 Å². The lowest BCUT2D eigenvalue weighted by molar-refractivity contribution is 0.0948. The molecule has 0 aliphatic rings. The van der Waals surface area contributed by atoms with E-state index < -0.39 is 0 Å². The Balaban J connectivity index is 1.56. The van der Waals surface area contributed by atoms with Crippen molar-refractivity contribution in [3.05, 3.63) is 83.8 Å². The zero-order valence-electron chi connectivity index (χ0n) is 14.8. The Hall–Kier alpha value is -3.21. The number of hydrogen-bond donors (Lipinski definition) is 2. The summed E-state index contributed by atoms with van der Waals surface area (Å²) in [6.07, 6.45) is 1.82. The van der Waals surface area contributed by atoms with Crippen molar-refractivity contribution >= 4 is 17.4 Å². The number of aryl methyl sites for hydroxylation is 2. The molecule has 0 unspecified atom stereocenters. The maximum absolute atomic E-state index is 12.4. The molecule has 3 aromatic rings. The molecule has 2 N–H and O–H groups in total. The van der Waals surface area contributed by atoms with Gasteiger partial charge >= 0.3 is 0 Å². The molecule has 0 radical (unpaired) electrons. The highest BCUT2D eigenvalue weighted by Gasteiger charge is 2.10. The Bertz CT molecular complexity index is 850. The zero-order valence-corrected chi connectivity index (χ0v) is 14.8. The van der Waals surface area contributed by atoms with E-state index in [0.29, 0.717) is 23.9 Å². The van der Waals surface area contributed by atoms with Crippen LogP contribution in [0.5, 0.6) is 0 Å². The van der Waals surface area contributed by atoms with Crippen LogP contribution in [0.25, 0.3) is 0 Å². The minimum Gasteiger partial charge on any atom is -0.351 e. The minimum atomic E-state index is -0.181. The smallest absolute Gasteiger partial charge is 0.270 e. The molecule has 0 fully saturated rings. The van der Waals surface area contributed by atoms with Crippen LogP contribution in [0.15, 0.2) is 66.7 Å². The first-order valence-corrected chi connectivity index (χ1v) is 8.70. The summed E-state index contributed by atoms with van der Waals surface area (Å²) in [7, 11) is 0. The SMILES string of the molecule is Cc1nc(Nc2ccccc2)cc(C(=O)NCCCc2ccccc2)n1. The Morgan fingerprint density at radius 1 is 0.962 bits per heavy atom. The Labute approximate surface area is 153 Å².